The molecule has 5 heteroatoms. The van der Waals surface area contributed by atoms with E-state index in [-0.39, 0.29) is 0 Å². The Morgan fingerprint density at radius 2 is 2.43 bits per heavy atom. The summed E-state index contributed by atoms with van der Waals surface area (Å²) >= 11 is 1.77. The fourth-order valence-corrected chi connectivity index (χ4v) is 3.73. The number of H-pyrrole nitrogens is 1. The average Bonchev–Trinajstić information content (AvgIpc) is 3.21. The fourth-order valence-electron chi connectivity index (χ4n) is 2.98. The number of piperidine rings is 1. The lowest BCUT2D eigenvalue weighted by Crippen LogP contribution is -2.39. The molecule has 0 aromatic carbocycles. The molecule has 1 fully saturated rings. The molecule has 2 aromatic heterocycles. The number of hydrogen-bond acceptors (Lipinski definition) is 3. The molecule has 2 aromatic rings. The van der Waals surface area contributed by atoms with E-state index in [2.05, 4.69) is 27.7 Å². The van der Waals surface area contributed by atoms with Crippen molar-refractivity contribution in [1.29, 1.82) is 0 Å². The molecule has 21 heavy (non-hydrogen) atoms. The normalized spacial score (nSPS) is 18.9. The van der Waals surface area contributed by atoms with E-state index < -0.39 is 0 Å². The first-order valence-electron chi connectivity index (χ1n) is 7.62. The van der Waals surface area contributed by atoms with Gasteiger partial charge in [-0.15, -0.1) is 11.3 Å². The quantitative estimate of drug-likeness (QED) is 0.922. The molecule has 112 valence electrons. The van der Waals surface area contributed by atoms with E-state index in [0.29, 0.717) is 18.2 Å². The number of aromatic amines is 1. The van der Waals surface area contributed by atoms with Crippen LogP contribution in [0.1, 0.15) is 42.2 Å². The van der Waals surface area contributed by atoms with Gasteiger partial charge in [-0.3, -0.25) is 9.89 Å². The second-order valence-corrected chi connectivity index (χ2v) is 6.66. The second-order valence-electron chi connectivity index (χ2n) is 5.62. The van der Waals surface area contributed by atoms with Crippen molar-refractivity contribution in [3.63, 3.8) is 0 Å². The van der Waals surface area contributed by atoms with Gasteiger partial charge in [0.15, 0.2) is 0 Å². The minimum atomic E-state index is 0.302. The summed E-state index contributed by atoms with van der Waals surface area (Å²) in [6.07, 6.45) is 6.64. The summed E-state index contributed by atoms with van der Waals surface area (Å²) in [7, 11) is 0. The Bertz CT molecular complexity index is 550. The van der Waals surface area contributed by atoms with Gasteiger partial charge >= 0.3 is 0 Å². The first-order chi connectivity index (χ1) is 10.3. The number of likely N-dealkylation sites (tertiary alicyclic amines) is 1. The highest BCUT2D eigenvalue weighted by atomic mass is 32.1. The van der Waals surface area contributed by atoms with Crippen molar-refractivity contribution in [3.8, 4) is 0 Å². The fraction of sp³-hybridized carbons (Fsp3) is 0.500. The van der Waals surface area contributed by atoms with E-state index in [1.807, 2.05) is 11.0 Å². The predicted molar refractivity (Wildman–Crippen MR) is 84.4 cm³/mol. The average molecular weight is 303 g/mol. The third-order valence-electron chi connectivity index (χ3n) is 4.13. The number of nitrogens with one attached hydrogen (secondary N) is 1. The van der Waals surface area contributed by atoms with Gasteiger partial charge in [0.2, 0.25) is 5.91 Å². The smallest absolute Gasteiger partial charge is 0.222 e. The lowest BCUT2D eigenvalue weighted by Gasteiger charge is -2.32. The monoisotopic (exact) mass is 303 g/mol. The summed E-state index contributed by atoms with van der Waals surface area (Å²) in [5.41, 5.74) is 1.16. The van der Waals surface area contributed by atoms with Crippen LogP contribution in [0.3, 0.4) is 0 Å². The predicted octanol–water partition coefficient (Wildman–Crippen LogP) is 3.20. The minimum absolute atomic E-state index is 0.302. The number of rotatable bonds is 5. The van der Waals surface area contributed by atoms with E-state index in [0.717, 1.165) is 44.5 Å². The lowest BCUT2D eigenvalue weighted by molar-refractivity contribution is -0.132. The summed E-state index contributed by atoms with van der Waals surface area (Å²) < 4.78 is 0. The van der Waals surface area contributed by atoms with Crippen LogP contribution < -0.4 is 0 Å². The van der Waals surface area contributed by atoms with Crippen LogP contribution in [0, 0.1) is 0 Å². The molecule has 0 spiro atoms. The van der Waals surface area contributed by atoms with Crippen LogP contribution in [0.4, 0.5) is 0 Å². The van der Waals surface area contributed by atoms with Gasteiger partial charge in [-0.2, -0.15) is 5.10 Å². The Labute approximate surface area is 129 Å². The Kier molecular flexibility index (Phi) is 4.70. The Morgan fingerprint density at radius 1 is 1.48 bits per heavy atom. The molecule has 1 amide bonds. The number of amides is 1. The van der Waals surface area contributed by atoms with Crippen molar-refractivity contribution in [3.05, 3.63) is 40.3 Å². The van der Waals surface area contributed by atoms with Crippen LogP contribution in [0.2, 0.25) is 0 Å². The van der Waals surface area contributed by atoms with Crippen LogP contribution in [-0.4, -0.2) is 34.1 Å². The number of hydrogen-bond donors (Lipinski definition) is 1. The standard InChI is InChI=1S/C16H21N3OS/c20-16(7-1-5-14-6-3-11-21-14)19-10-2-4-13(12-19)15-8-9-17-18-15/h3,6,8-9,11,13H,1-2,4-5,7,10,12H2,(H,17,18)/t13-/m0/s1. The minimum Gasteiger partial charge on any atom is -0.342 e. The van der Waals surface area contributed by atoms with Crippen molar-refractivity contribution in [2.24, 2.45) is 0 Å². The summed E-state index contributed by atoms with van der Waals surface area (Å²) in [5, 5.41) is 9.15. The molecule has 0 saturated carbocycles. The molecule has 1 N–H and O–H groups in total. The van der Waals surface area contributed by atoms with Gasteiger partial charge in [-0.1, -0.05) is 6.07 Å². The van der Waals surface area contributed by atoms with Gasteiger partial charge in [-0.05, 0) is 43.2 Å². The maximum Gasteiger partial charge on any atom is 0.222 e. The molecule has 3 rings (SSSR count). The van der Waals surface area contributed by atoms with Crippen LogP contribution in [-0.2, 0) is 11.2 Å². The Morgan fingerprint density at radius 3 is 3.19 bits per heavy atom. The topological polar surface area (TPSA) is 49.0 Å². The zero-order chi connectivity index (χ0) is 14.5. The third kappa shape index (κ3) is 3.73. The van der Waals surface area contributed by atoms with Crippen molar-refractivity contribution in [1.82, 2.24) is 15.1 Å². The van der Waals surface area contributed by atoms with Crippen LogP contribution in [0.5, 0.6) is 0 Å². The second kappa shape index (κ2) is 6.89. The Hall–Kier alpha value is -1.62. The Balaban J connectivity index is 1.48. The van der Waals surface area contributed by atoms with Gasteiger partial charge in [-0.25, -0.2) is 0 Å². The molecule has 3 heterocycles. The zero-order valence-electron chi connectivity index (χ0n) is 12.1. The molecule has 1 aliphatic rings. The van der Waals surface area contributed by atoms with Gasteiger partial charge in [0.1, 0.15) is 0 Å². The highest BCUT2D eigenvalue weighted by Gasteiger charge is 2.25. The zero-order valence-corrected chi connectivity index (χ0v) is 12.9. The van der Waals surface area contributed by atoms with Crippen molar-refractivity contribution in [2.45, 2.75) is 38.0 Å². The number of carbonyl (C=O) groups excluding carboxylic acids is 1. The SMILES string of the molecule is O=C(CCCc1cccs1)N1CCC[C@H](c2ccn[nH]2)C1. The van der Waals surface area contributed by atoms with E-state index in [1.54, 1.807) is 17.5 Å². The number of thiophene rings is 1. The van der Waals surface area contributed by atoms with Crippen molar-refractivity contribution < 1.29 is 4.79 Å². The molecule has 0 radical (unpaired) electrons. The summed E-state index contributed by atoms with van der Waals surface area (Å²) in [4.78, 5) is 15.7. The highest BCUT2D eigenvalue weighted by molar-refractivity contribution is 7.09. The molecule has 1 saturated heterocycles. The van der Waals surface area contributed by atoms with Crippen LogP contribution >= 0.6 is 11.3 Å². The highest BCUT2D eigenvalue weighted by Crippen LogP contribution is 2.25. The van der Waals surface area contributed by atoms with E-state index in [4.69, 9.17) is 0 Å². The van der Waals surface area contributed by atoms with E-state index >= 15 is 0 Å². The molecule has 1 atom stereocenters. The maximum absolute atomic E-state index is 12.3. The molecule has 0 unspecified atom stereocenters. The molecular weight excluding hydrogens is 282 g/mol. The van der Waals surface area contributed by atoms with Gasteiger partial charge in [0.05, 0.1) is 0 Å². The summed E-state index contributed by atoms with van der Waals surface area (Å²) in [6, 6.07) is 6.24. The number of nitrogens with zero attached hydrogens (tertiary/aromatic N) is 2. The first-order valence-corrected chi connectivity index (χ1v) is 8.50. The largest absolute Gasteiger partial charge is 0.342 e. The maximum atomic E-state index is 12.3. The molecular formula is C16H21N3OS. The third-order valence-corrected chi connectivity index (χ3v) is 5.07. The van der Waals surface area contributed by atoms with E-state index in [9.17, 15) is 4.79 Å². The lowest BCUT2D eigenvalue weighted by atomic mass is 9.94. The van der Waals surface area contributed by atoms with E-state index in [1.165, 1.54) is 4.88 Å². The van der Waals surface area contributed by atoms with Gasteiger partial charge < -0.3 is 4.90 Å². The summed E-state index contributed by atoms with van der Waals surface area (Å²) in [5.74, 6) is 0.721. The van der Waals surface area contributed by atoms with Crippen molar-refractivity contribution in [2.75, 3.05) is 13.1 Å². The molecule has 1 aliphatic heterocycles. The number of carbonyl (C=O) groups is 1. The number of aryl methyl sites for hydroxylation is 1. The summed E-state index contributed by atoms with van der Waals surface area (Å²) in [6.45, 7) is 1.74. The molecule has 0 bridgehead atoms. The molecule has 4 nitrogen and oxygen atoms in total. The first kappa shape index (κ1) is 14.3. The molecule has 0 aliphatic carbocycles. The van der Waals surface area contributed by atoms with Crippen LogP contribution in [0.15, 0.2) is 29.8 Å². The van der Waals surface area contributed by atoms with Gasteiger partial charge in [0.25, 0.3) is 0 Å². The van der Waals surface area contributed by atoms with Gasteiger partial charge in [0, 0.05) is 42.2 Å². The number of aromatic nitrogens is 2. The van der Waals surface area contributed by atoms with Crippen molar-refractivity contribution >= 4 is 17.2 Å². The van der Waals surface area contributed by atoms with Crippen LogP contribution in [0.25, 0.3) is 0 Å².